The predicted octanol–water partition coefficient (Wildman–Crippen LogP) is 4.57. The molecular weight excluding hydrogens is 1440 g/mol. The number of non-ortho nitro benzene ring substituents is 2. The zero-order chi connectivity index (χ0) is 69.2. The Morgan fingerprint density at radius 2 is 1.19 bits per heavy atom. The molecule has 4 aliphatic rings. The number of halogens is 9. The summed E-state index contributed by atoms with van der Waals surface area (Å²) in [7, 11) is -11.5. The van der Waals surface area contributed by atoms with Gasteiger partial charge >= 0.3 is 57.9 Å². The van der Waals surface area contributed by atoms with E-state index < -0.39 is 77.1 Å². The number of rotatable bonds is 16. The van der Waals surface area contributed by atoms with Crippen LogP contribution < -0.4 is 9.17 Å². The Kier molecular flexibility index (Phi) is 39.0. The molecule has 0 amide bonds. The first-order valence-electron chi connectivity index (χ1n) is 27.3. The van der Waals surface area contributed by atoms with E-state index in [1.54, 1.807) is 25.0 Å². The number of carbonyl (C=O) groups is 3. The van der Waals surface area contributed by atoms with Gasteiger partial charge in [-0.15, -0.1) is 0 Å². The van der Waals surface area contributed by atoms with Crippen LogP contribution in [0.1, 0.15) is 57.0 Å². The Hall–Kier alpha value is -6.22. The summed E-state index contributed by atoms with van der Waals surface area (Å²) >= 11 is -1.39. The second-order valence-electron chi connectivity index (χ2n) is 19.8. The van der Waals surface area contributed by atoms with E-state index in [0.717, 1.165) is 86.6 Å². The number of piperidine rings is 2. The van der Waals surface area contributed by atoms with Crippen molar-refractivity contribution in [2.75, 3.05) is 56.1 Å². The minimum absolute atomic E-state index is 0. The molecule has 2 fully saturated rings. The topological polar surface area (TPSA) is 395 Å². The Balaban J connectivity index is 0. The maximum Gasteiger partial charge on any atom is 0.534 e. The van der Waals surface area contributed by atoms with Crippen LogP contribution in [0.15, 0.2) is 121 Å². The van der Waals surface area contributed by atoms with E-state index in [1.807, 2.05) is 40.7 Å². The number of para-hydroxylation sites is 1. The van der Waals surface area contributed by atoms with Gasteiger partial charge in [0.1, 0.15) is 17.3 Å². The molecule has 8 rings (SSSR count). The summed E-state index contributed by atoms with van der Waals surface area (Å²) in [5.41, 5.74) is -13.9. The van der Waals surface area contributed by atoms with Crippen LogP contribution in [0.3, 0.4) is 0 Å². The fourth-order valence-corrected chi connectivity index (χ4v) is 10.9. The van der Waals surface area contributed by atoms with Crippen LogP contribution >= 0.6 is 11.9 Å². The summed E-state index contributed by atoms with van der Waals surface area (Å²) in [6, 6.07) is 24.6. The molecule has 9 N–H and O–H groups in total. The minimum atomic E-state index is -6.15. The fraction of sp³-hybridized carbons (Fsp3) is 0.392. The van der Waals surface area contributed by atoms with Gasteiger partial charge < -0.3 is 69.2 Å². The number of carbonyl (C=O) groups excluding carboxylic acids is 3. The van der Waals surface area contributed by atoms with Crippen LogP contribution in [-0.4, -0.2) is 205 Å². The van der Waals surface area contributed by atoms with E-state index >= 15 is 0 Å². The number of nitro benzene ring substituents is 2. The Morgan fingerprint density at radius 1 is 0.663 bits per heavy atom. The van der Waals surface area contributed by atoms with Crippen LogP contribution in [0.2, 0.25) is 13.6 Å². The SMILES string of the molecule is CB(O)N1CC=C(c2cccc([N+](=O)[O-])c2)CC1.CB(O)N1CCC(c2cccc(O)c2)CC1.O.O.O=C[B]N1CC=C(OS(=O)(=O)C(F)(F)F)CC1.O=C[B]N1CCC(=O)CC1.O=S(=O)(N(SC(F)(F)F)c1ccccc1)C(F)(F)F.O=[N+]([O-])c1cccc(B(O)O)c1.[HH].[Pd]. The molecule has 2 radical (unpaired) electrons. The van der Waals surface area contributed by atoms with E-state index in [9.17, 15) is 106 Å². The first-order chi connectivity index (χ1) is 42.9. The number of Topliss-reactive ketones (excluding diaryl/α,β-unsaturated/α-hetero) is 1. The molecule has 26 nitrogen and oxygen atoms in total. The zero-order valence-electron chi connectivity index (χ0n) is 50.2. The molecule has 4 aromatic rings. The third kappa shape index (κ3) is 31.2. The number of nitro groups is 2. The van der Waals surface area contributed by atoms with Crippen molar-refractivity contribution in [3.63, 3.8) is 0 Å². The number of phenols is 1. The van der Waals surface area contributed by atoms with Gasteiger partial charge in [-0.25, -0.2) is 0 Å². The maximum absolute atomic E-state index is 12.3. The molecule has 0 unspecified atom stereocenters. The molecule has 0 bridgehead atoms. The van der Waals surface area contributed by atoms with Crippen LogP contribution in [0.5, 0.6) is 5.75 Å². The fourth-order valence-electron chi connectivity index (χ4n) is 8.43. The second kappa shape index (κ2) is 41.8. The van der Waals surface area contributed by atoms with Crippen molar-refractivity contribution in [3.8, 4) is 5.75 Å². The monoisotopic (exact) mass is 1510 g/mol. The first kappa shape index (κ1) is 88.8. The second-order valence-corrected chi connectivity index (χ2v) is 24.3. The van der Waals surface area contributed by atoms with Crippen molar-refractivity contribution >= 4 is 114 Å². The van der Waals surface area contributed by atoms with Gasteiger partial charge in [0, 0.05) is 78.5 Å². The minimum Gasteiger partial charge on any atom is -0.508 e. The molecular formula is C51H67B5F9N7O19PdS3. The van der Waals surface area contributed by atoms with E-state index in [0.29, 0.717) is 56.1 Å². The summed E-state index contributed by atoms with van der Waals surface area (Å²) in [6.45, 7) is 8.62. The number of alkyl halides is 9. The Labute approximate surface area is 562 Å². The predicted molar refractivity (Wildman–Crippen MR) is 338 cm³/mol. The maximum atomic E-state index is 12.3. The number of nitrogens with zero attached hydrogens (tertiary/aromatic N) is 7. The summed E-state index contributed by atoms with van der Waals surface area (Å²) in [5.74, 6) is 0.894. The summed E-state index contributed by atoms with van der Waals surface area (Å²) in [6.07, 6.45) is 8.56. The molecule has 95 heavy (non-hydrogen) atoms. The molecule has 44 heteroatoms. The molecule has 4 heterocycles. The first-order valence-corrected chi connectivity index (χ1v) is 30.9. The van der Waals surface area contributed by atoms with Crippen molar-refractivity contribution in [1.29, 1.82) is 0 Å². The van der Waals surface area contributed by atoms with E-state index in [1.165, 1.54) is 61.6 Å². The molecule has 4 aliphatic heterocycles. The van der Waals surface area contributed by atoms with Crippen molar-refractivity contribution in [1.82, 2.24) is 19.2 Å². The summed E-state index contributed by atoms with van der Waals surface area (Å²) in [5, 5.41) is 66.6. The number of hydrogen-bond acceptors (Lipinski definition) is 22. The number of sulfonamides is 1. The van der Waals surface area contributed by atoms with Gasteiger partial charge in [-0.2, -0.15) is 60.1 Å². The molecule has 0 saturated carbocycles. The smallest absolute Gasteiger partial charge is 0.508 e. The molecule has 0 aliphatic carbocycles. The number of benzene rings is 4. The van der Waals surface area contributed by atoms with Crippen LogP contribution in [0.4, 0.5) is 56.6 Å². The summed E-state index contributed by atoms with van der Waals surface area (Å²) in [4.78, 5) is 58.2. The standard InChI is InChI=1S/C12H15BN2O3.C12H18BNO2.C8H5F6NO2S2.C7H8BF3NO4S.C6H6BNO4.C6H9BNO2.2H2O.Pd.H2/c1-13(16)14-7-5-10(6-8-14)11-3-2-4-12(9-11)15(17)18;1-13(16)14-7-5-10(6-8-14)11-3-2-4-12(15)9-11;9-7(10,11)18-15(6-4-2-1-3-5-6)19(16,17)8(12,13)14;9-7(10,11)17(14,15)16-6-1-3-12(4-2-6)8-5-13;9-7(10)5-2-1-3-6(4-5)8(11)12;9-5-7-8-3-1-6(10)2-4-8;;;;/h2-5,9,16H,6-8H2,1H3;2-4,9-10,15-16H,5-8H2,1H3;1-5H;1,5H,2-4H2;1-4,9-10H;5H,1-4H2;2*1H2;;1H. The van der Waals surface area contributed by atoms with Gasteiger partial charge in [0.25, 0.3) is 26.2 Å². The van der Waals surface area contributed by atoms with Crippen molar-refractivity contribution < 1.29 is 143 Å². The van der Waals surface area contributed by atoms with Crippen molar-refractivity contribution in [2.45, 2.75) is 74.6 Å². The van der Waals surface area contributed by atoms with Crippen LogP contribution in [0.25, 0.3) is 5.57 Å². The van der Waals surface area contributed by atoms with Crippen molar-refractivity contribution in [2.24, 2.45) is 0 Å². The van der Waals surface area contributed by atoms with Gasteiger partial charge in [0.15, 0.2) is 0 Å². The summed E-state index contributed by atoms with van der Waals surface area (Å²) < 4.78 is 156. The van der Waals surface area contributed by atoms with Crippen LogP contribution in [-0.2, 0) is 59.1 Å². The van der Waals surface area contributed by atoms with Crippen molar-refractivity contribution in [3.05, 3.63) is 152 Å². The molecule has 4 aromatic carbocycles. The Bertz CT molecular complexity index is 3360. The third-order valence-electron chi connectivity index (χ3n) is 13.2. The third-order valence-corrected chi connectivity index (χ3v) is 16.9. The van der Waals surface area contributed by atoms with E-state index in [4.69, 9.17) is 10.0 Å². The number of phenolic OH excluding ortho intramolecular Hbond substituents is 1. The normalized spacial score (nSPS) is 15.5. The quantitative estimate of drug-likeness (QED) is 0.0150. The number of hydrogen-bond donors (Lipinski definition) is 5. The largest absolute Gasteiger partial charge is 0.534 e. The van der Waals surface area contributed by atoms with Gasteiger partial charge in [0.2, 0.25) is 0 Å². The molecule has 0 aromatic heterocycles. The average molecular weight is 1510 g/mol. The number of ketones is 1. The Morgan fingerprint density at radius 3 is 1.64 bits per heavy atom. The molecule has 0 spiro atoms. The zero-order valence-corrected chi connectivity index (χ0v) is 54.2. The number of aromatic hydroxyl groups is 1. The van der Waals surface area contributed by atoms with Gasteiger partial charge in [-0.1, -0.05) is 60.7 Å². The average Bonchev–Trinajstić information content (AvgIpc) is 0.786. The molecule has 0 atom stereocenters. The molecule has 2 saturated heterocycles. The van der Waals surface area contributed by atoms with Gasteiger partial charge in [0.05, 0.1) is 39.9 Å². The van der Waals surface area contributed by atoms with Gasteiger partial charge in [-0.05, 0) is 131 Å². The molecule has 526 valence electrons. The number of anilines is 1. The van der Waals surface area contributed by atoms with E-state index in [2.05, 4.69) is 15.1 Å². The van der Waals surface area contributed by atoms with Gasteiger partial charge in [-0.3, -0.25) is 25.0 Å². The van der Waals surface area contributed by atoms with E-state index in [-0.39, 0.29) is 86.9 Å². The van der Waals surface area contributed by atoms with Crippen LogP contribution in [0, 0.1) is 20.2 Å².